The van der Waals surface area contributed by atoms with E-state index in [0.717, 1.165) is 11.1 Å². The Morgan fingerprint density at radius 2 is 2.05 bits per heavy atom. The van der Waals surface area contributed by atoms with E-state index in [1.54, 1.807) is 24.6 Å². The molecule has 0 fully saturated rings. The number of aromatic nitrogens is 2. The van der Waals surface area contributed by atoms with Crippen LogP contribution >= 0.6 is 0 Å². The molecule has 100 valence electrons. The predicted molar refractivity (Wildman–Crippen MR) is 68.9 cm³/mol. The lowest BCUT2D eigenvalue weighted by molar-refractivity contribution is 0.0695. The van der Waals surface area contributed by atoms with E-state index in [-0.39, 0.29) is 11.4 Å². The summed E-state index contributed by atoms with van der Waals surface area (Å²) in [6.45, 7) is 5.65. The lowest BCUT2D eigenvalue weighted by Gasteiger charge is -2.08. The molecule has 0 atom stereocenters. The molecule has 2 aromatic rings. The average Bonchev–Trinajstić information content (AvgIpc) is 2.58. The van der Waals surface area contributed by atoms with Crippen LogP contribution in [0.2, 0.25) is 0 Å². The quantitative estimate of drug-likeness (QED) is 0.925. The van der Waals surface area contributed by atoms with Crippen LogP contribution in [0.25, 0.3) is 0 Å². The molecule has 0 aliphatic rings. The summed E-state index contributed by atoms with van der Waals surface area (Å²) in [7, 11) is 0. The fourth-order valence-electron chi connectivity index (χ4n) is 2.16. The van der Waals surface area contributed by atoms with Gasteiger partial charge >= 0.3 is 5.97 Å². The maximum absolute atomic E-state index is 13.0. The van der Waals surface area contributed by atoms with Gasteiger partial charge in [-0.3, -0.25) is 4.68 Å². The highest BCUT2D eigenvalue weighted by Crippen LogP contribution is 2.17. The molecule has 0 aliphatic heterocycles. The van der Waals surface area contributed by atoms with Gasteiger partial charge in [0.05, 0.1) is 17.9 Å². The Kier molecular flexibility index (Phi) is 3.38. The standard InChI is InChI=1S/C14H15FN2O2/c1-8-6-12(15)5-4-11(8)7-17-10(3)13(14(18)19)9(2)16-17/h4-6H,7H2,1-3H3,(H,18,19). The summed E-state index contributed by atoms with van der Waals surface area (Å²) in [6.07, 6.45) is 0. The highest BCUT2D eigenvalue weighted by atomic mass is 19.1. The number of rotatable bonds is 3. The van der Waals surface area contributed by atoms with Crippen LogP contribution < -0.4 is 0 Å². The molecule has 0 unspecified atom stereocenters. The van der Waals surface area contributed by atoms with Crippen molar-refractivity contribution < 1.29 is 14.3 Å². The first-order valence-electron chi connectivity index (χ1n) is 5.92. The van der Waals surface area contributed by atoms with Gasteiger partial charge in [0.15, 0.2) is 0 Å². The van der Waals surface area contributed by atoms with E-state index in [1.807, 2.05) is 6.92 Å². The number of benzene rings is 1. The monoisotopic (exact) mass is 262 g/mol. The van der Waals surface area contributed by atoms with Crippen molar-refractivity contribution in [1.82, 2.24) is 9.78 Å². The maximum Gasteiger partial charge on any atom is 0.339 e. The Hall–Kier alpha value is -2.17. The van der Waals surface area contributed by atoms with E-state index >= 15 is 0 Å². The van der Waals surface area contributed by atoms with Crippen molar-refractivity contribution in [3.05, 3.63) is 52.1 Å². The summed E-state index contributed by atoms with van der Waals surface area (Å²) >= 11 is 0. The molecule has 0 saturated carbocycles. The first kappa shape index (κ1) is 13.3. The van der Waals surface area contributed by atoms with Crippen LogP contribution in [-0.4, -0.2) is 20.9 Å². The van der Waals surface area contributed by atoms with Gasteiger partial charge in [0.2, 0.25) is 0 Å². The van der Waals surface area contributed by atoms with Gasteiger partial charge in [0.25, 0.3) is 0 Å². The molecular formula is C14H15FN2O2. The van der Waals surface area contributed by atoms with Crippen LogP contribution in [0.1, 0.15) is 32.9 Å². The molecule has 0 saturated heterocycles. The zero-order chi connectivity index (χ0) is 14.2. The lowest BCUT2D eigenvalue weighted by Crippen LogP contribution is -2.07. The molecule has 1 N–H and O–H groups in total. The summed E-state index contributed by atoms with van der Waals surface area (Å²) < 4.78 is 14.7. The van der Waals surface area contributed by atoms with Crippen LogP contribution in [0, 0.1) is 26.6 Å². The fourth-order valence-corrected chi connectivity index (χ4v) is 2.16. The molecule has 2 rings (SSSR count). The van der Waals surface area contributed by atoms with Crippen molar-refractivity contribution in [3.8, 4) is 0 Å². The minimum atomic E-state index is -0.975. The second-order valence-electron chi connectivity index (χ2n) is 4.58. The van der Waals surface area contributed by atoms with Crippen molar-refractivity contribution in [2.75, 3.05) is 0 Å². The van der Waals surface area contributed by atoms with Crippen molar-refractivity contribution in [2.24, 2.45) is 0 Å². The number of nitrogens with zero attached hydrogens (tertiary/aromatic N) is 2. The third-order valence-electron chi connectivity index (χ3n) is 3.22. The Bertz CT molecular complexity index is 647. The van der Waals surface area contributed by atoms with Gasteiger partial charge in [-0.05, 0) is 44.0 Å². The molecule has 0 aliphatic carbocycles. The van der Waals surface area contributed by atoms with Gasteiger partial charge in [0, 0.05) is 0 Å². The molecule has 1 aromatic carbocycles. The Morgan fingerprint density at radius 1 is 1.37 bits per heavy atom. The van der Waals surface area contributed by atoms with Crippen LogP contribution in [0.15, 0.2) is 18.2 Å². The van der Waals surface area contributed by atoms with Crippen LogP contribution in [0.3, 0.4) is 0 Å². The molecular weight excluding hydrogens is 247 g/mol. The smallest absolute Gasteiger partial charge is 0.339 e. The lowest BCUT2D eigenvalue weighted by atomic mass is 10.1. The average molecular weight is 262 g/mol. The molecule has 5 heteroatoms. The number of carboxylic acids is 1. The molecule has 0 bridgehead atoms. The Labute approximate surface area is 110 Å². The van der Waals surface area contributed by atoms with Gasteiger partial charge in [-0.15, -0.1) is 0 Å². The van der Waals surface area contributed by atoms with E-state index in [1.165, 1.54) is 12.1 Å². The molecule has 0 radical (unpaired) electrons. The number of aromatic carboxylic acids is 1. The first-order valence-corrected chi connectivity index (χ1v) is 5.92. The van der Waals surface area contributed by atoms with E-state index in [9.17, 15) is 9.18 Å². The Balaban J connectivity index is 2.39. The van der Waals surface area contributed by atoms with Crippen LogP contribution in [-0.2, 0) is 6.54 Å². The predicted octanol–water partition coefficient (Wildman–Crippen LogP) is 2.69. The fraction of sp³-hybridized carbons (Fsp3) is 0.286. The van der Waals surface area contributed by atoms with Gasteiger partial charge in [-0.1, -0.05) is 6.07 Å². The van der Waals surface area contributed by atoms with E-state index in [2.05, 4.69) is 5.10 Å². The zero-order valence-electron chi connectivity index (χ0n) is 11.1. The van der Waals surface area contributed by atoms with Crippen molar-refractivity contribution in [1.29, 1.82) is 0 Å². The van der Waals surface area contributed by atoms with Crippen LogP contribution in [0.4, 0.5) is 4.39 Å². The highest BCUT2D eigenvalue weighted by molar-refractivity contribution is 5.90. The number of aryl methyl sites for hydroxylation is 2. The first-order chi connectivity index (χ1) is 8.90. The van der Waals surface area contributed by atoms with Gasteiger partial charge in [0.1, 0.15) is 11.4 Å². The summed E-state index contributed by atoms with van der Waals surface area (Å²) in [5, 5.41) is 13.3. The van der Waals surface area contributed by atoms with E-state index in [4.69, 9.17) is 5.11 Å². The molecule has 0 amide bonds. The molecule has 4 nitrogen and oxygen atoms in total. The second-order valence-corrected chi connectivity index (χ2v) is 4.58. The summed E-state index contributed by atoms with van der Waals surface area (Å²) in [5.41, 5.74) is 3.08. The van der Waals surface area contributed by atoms with Crippen molar-refractivity contribution in [2.45, 2.75) is 27.3 Å². The third kappa shape index (κ3) is 2.50. The summed E-state index contributed by atoms with van der Waals surface area (Å²) in [5.74, 6) is -1.25. The molecule has 0 spiro atoms. The normalized spacial score (nSPS) is 10.7. The number of hydrogen-bond donors (Lipinski definition) is 1. The van der Waals surface area contributed by atoms with Gasteiger partial charge < -0.3 is 5.11 Å². The van der Waals surface area contributed by atoms with Gasteiger partial charge in [-0.2, -0.15) is 5.10 Å². The topological polar surface area (TPSA) is 55.1 Å². The second kappa shape index (κ2) is 4.84. The summed E-state index contributed by atoms with van der Waals surface area (Å²) in [4.78, 5) is 11.1. The Morgan fingerprint density at radius 3 is 2.58 bits per heavy atom. The zero-order valence-corrected chi connectivity index (χ0v) is 11.1. The number of halogens is 1. The van der Waals surface area contributed by atoms with Crippen LogP contribution in [0.5, 0.6) is 0 Å². The molecule has 1 aromatic heterocycles. The largest absolute Gasteiger partial charge is 0.478 e. The maximum atomic E-state index is 13.0. The minimum Gasteiger partial charge on any atom is -0.478 e. The van der Waals surface area contributed by atoms with E-state index < -0.39 is 5.97 Å². The van der Waals surface area contributed by atoms with Gasteiger partial charge in [-0.25, -0.2) is 9.18 Å². The number of hydrogen-bond acceptors (Lipinski definition) is 2. The molecule has 19 heavy (non-hydrogen) atoms. The van der Waals surface area contributed by atoms with Crippen molar-refractivity contribution in [3.63, 3.8) is 0 Å². The number of carbonyl (C=O) groups is 1. The van der Waals surface area contributed by atoms with Crippen molar-refractivity contribution >= 4 is 5.97 Å². The molecule has 1 heterocycles. The third-order valence-corrected chi connectivity index (χ3v) is 3.22. The van der Waals surface area contributed by atoms with E-state index in [0.29, 0.717) is 17.9 Å². The minimum absolute atomic E-state index is 0.236. The summed E-state index contributed by atoms with van der Waals surface area (Å²) in [6, 6.07) is 4.55. The number of carboxylic acid groups (broad SMARTS) is 1. The highest BCUT2D eigenvalue weighted by Gasteiger charge is 2.17. The SMILES string of the molecule is Cc1cc(F)ccc1Cn1nc(C)c(C(=O)O)c1C.